The van der Waals surface area contributed by atoms with Crippen LogP contribution in [0.25, 0.3) is 17.2 Å². The first-order chi connectivity index (χ1) is 16.6. The van der Waals surface area contributed by atoms with Crippen LogP contribution in [-0.4, -0.2) is 43.8 Å². The molecule has 4 rings (SSSR count). The lowest BCUT2D eigenvalue weighted by atomic mass is 9.99. The lowest BCUT2D eigenvalue weighted by Gasteiger charge is -2.31. The number of anilines is 1. The van der Waals surface area contributed by atoms with Crippen molar-refractivity contribution in [2.45, 2.75) is 39.3 Å². The Balaban J connectivity index is 1.45. The number of hydrogen-bond acceptors (Lipinski definition) is 5. The zero-order valence-electron chi connectivity index (χ0n) is 20.2. The Hall–Kier alpha value is -4.01. The van der Waals surface area contributed by atoms with Crippen LogP contribution in [0.15, 0.2) is 49.1 Å². The van der Waals surface area contributed by atoms with E-state index in [1.54, 1.807) is 61.1 Å². The van der Waals surface area contributed by atoms with E-state index in [0.717, 1.165) is 22.3 Å². The van der Waals surface area contributed by atoms with Crippen LogP contribution >= 0.6 is 0 Å². The summed E-state index contributed by atoms with van der Waals surface area (Å²) in [5.74, 6) is -1.02. The molecule has 0 saturated carbocycles. The molecule has 182 valence electrons. The number of nitrogens with zero attached hydrogens (tertiary/aromatic N) is 4. The van der Waals surface area contributed by atoms with Crippen LogP contribution in [0.4, 0.5) is 14.9 Å². The van der Waals surface area contributed by atoms with Crippen LogP contribution in [0.1, 0.15) is 37.5 Å². The number of aromatic nitrogens is 3. The molecular weight excluding hydrogens is 449 g/mol. The number of nitrogens with one attached hydrogen (secondary N) is 1. The molecule has 3 heterocycles. The van der Waals surface area contributed by atoms with Gasteiger partial charge in [0.05, 0.1) is 11.9 Å². The Bertz CT molecular complexity index is 1290. The summed E-state index contributed by atoms with van der Waals surface area (Å²) in [7, 11) is 1.83. The zero-order valence-corrected chi connectivity index (χ0v) is 20.2. The van der Waals surface area contributed by atoms with Crippen LogP contribution in [-0.2, 0) is 29.5 Å². The van der Waals surface area contributed by atoms with Crippen molar-refractivity contribution in [3.05, 3.63) is 71.6 Å². The minimum Gasteiger partial charge on any atom is -0.444 e. The molecule has 8 nitrogen and oxygen atoms in total. The number of carbonyl (C=O) groups is 2. The van der Waals surface area contributed by atoms with Crippen LogP contribution in [0, 0.1) is 5.82 Å². The third-order valence-electron chi connectivity index (χ3n) is 5.49. The van der Waals surface area contributed by atoms with Gasteiger partial charge in [0.1, 0.15) is 11.4 Å². The number of ether oxygens (including phenoxy) is 1. The zero-order chi connectivity index (χ0) is 25.2. The summed E-state index contributed by atoms with van der Waals surface area (Å²) in [6.07, 6.45) is 10.0. The molecule has 0 atom stereocenters. The second kappa shape index (κ2) is 9.69. The number of aryl methyl sites for hydroxylation is 1. The number of hydrogen-bond donors (Lipinski definition) is 1. The predicted molar refractivity (Wildman–Crippen MR) is 131 cm³/mol. The Morgan fingerprint density at radius 2 is 2.00 bits per heavy atom. The van der Waals surface area contributed by atoms with E-state index in [1.807, 2.05) is 19.3 Å². The second-order valence-electron chi connectivity index (χ2n) is 9.44. The summed E-state index contributed by atoms with van der Waals surface area (Å²) in [5.41, 5.74) is 3.61. The molecule has 1 N–H and O–H groups in total. The van der Waals surface area contributed by atoms with Crippen molar-refractivity contribution < 1.29 is 18.7 Å². The van der Waals surface area contributed by atoms with E-state index in [2.05, 4.69) is 15.4 Å². The highest BCUT2D eigenvalue weighted by molar-refractivity contribution is 6.02. The molecule has 0 radical (unpaired) electrons. The molecule has 0 bridgehead atoms. The summed E-state index contributed by atoms with van der Waals surface area (Å²) in [4.78, 5) is 30.6. The standard InChI is InChI=1S/C26H28FN5O3/c1-26(2,3)35-25(34)32-10-8-17-12-23(22(27)11-19(17)16-32)30-24(33)6-5-18-13-28-9-7-21(18)20-14-29-31(4)15-20/h5-7,9,11-15H,8,10,16H2,1-4H3,(H,30,33). The summed E-state index contributed by atoms with van der Waals surface area (Å²) >= 11 is 0. The van der Waals surface area contributed by atoms with Gasteiger partial charge in [-0.2, -0.15) is 5.10 Å². The van der Waals surface area contributed by atoms with Gasteiger partial charge < -0.3 is 15.0 Å². The first-order valence-electron chi connectivity index (χ1n) is 11.3. The molecule has 0 spiro atoms. The first kappa shape index (κ1) is 24.1. The molecule has 35 heavy (non-hydrogen) atoms. The van der Waals surface area contributed by atoms with Crippen LogP contribution in [0.3, 0.4) is 0 Å². The maximum absolute atomic E-state index is 14.8. The van der Waals surface area contributed by atoms with Crippen LogP contribution in [0.5, 0.6) is 0 Å². The van der Waals surface area contributed by atoms with E-state index >= 15 is 0 Å². The number of pyridine rings is 1. The van der Waals surface area contributed by atoms with Crippen molar-refractivity contribution in [3.8, 4) is 11.1 Å². The van der Waals surface area contributed by atoms with Gasteiger partial charge in [-0.1, -0.05) is 0 Å². The average Bonchev–Trinajstić information content (AvgIpc) is 3.23. The fourth-order valence-electron chi connectivity index (χ4n) is 3.86. The number of amides is 2. The predicted octanol–water partition coefficient (Wildman–Crippen LogP) is 4.57. The van der Waals surface area contributed by atoms with Crippen molar-refractivity contribution >= 4 is 23.8 Å². The fourth-order valence-corrected chi connectivity index (χ4v) is 3.86. The highest BCUT2D eigenvalue weighted by atomic mass is 19.1. The van der Waals surface area contributed by atoms with Crippen molar-refractivity contribution in [3.63, 3.8) is 0 Å². The van der Waals surface area contributed by atoms with Gasteiger partial charge in [-0.05, 0) is 68.2 Å². The van der Waals surface area contributed by atoms with E-state index in [0.29, 0.717) is 18.5 Å². The SMILES string of the molecule is Cn1cc(-c2ccncc2C=CC(=O)Nc2cc3c(cc2F)CN(C(=O)OC(C)(C)C)CC3)cn1. The minimum absolute atomic E-state index is 0.0998. The largest absolute Gasteiger partial charge is 0.444 e. The fraction of sp³-hybridized carbons (Fsp3) is 0.308. The van der Waals surface area contributed by atoms with Crippen LogP contribution in [0.2, 0.25) is 0 Å². The quantitative estimate of drug-likeness (QED) is 0.556. The Morgan fingerprint density at radius 1 is 1.20 bits per heavy atom. The molecule has 0 unspecified atom stereocenters. The Morgan fingerprint density at radius 3 is 2.71 bits per heavy atom. The monoisotopic (exact) mass is 477 g/mol. The van der Waals surface area contributed by atoms with Gasteiger partial charge in [0.15, 0.2) is 0 Å². The van der Waals surface area contributed by atoms with Gasteiger partial charge in [-0.25, -0.2) is 9.18 Å². The third-order valence-corrected chi connectivity index (χ3v) is 5.49. The molecule has 2 amide bonds. The van der Waals surface area contributed by atoms with Crippen molar-refractivity contribution in [1.82, 2.24) is 19.7 Å². The van der Waals surface area contributed by atoms with E-state index in [9.17, 15) is 14.0 Å². The van der Waals surface area contributed by atoms with Gasteiger partial charge in [0, 0.05) is 55.9 Å². The van der Waals surface area contributed by atoms with Crippen molar-refractivity contribution in [2.75, 3.05) is 11.9 Å². The van der Waals surface area contributed by atoms with Gasteiger partial charge >= 0.3 is 6.09 Å². The maximum Gasteiger partial charge on any atom is 0.410 e. The lowest BCUT2D eigenvalue weighted by molar-refractivity contribution is -0.111. The normalized spacial score (nSPS) is 13.6. The summed E-state index contributed by atoms with van der Waals surface area (Å²) in [6.45, 7) is 6.13. The molecule has 3 aromatic rings. The van der Waals surface area contributed by atoms with Crippen molar-refractivity contribution in [2.24, 2.45) is 7.05 Å². The van der Waals surface area contributed by atoms with Gasteiger partial charge in [-0.3, -0.25) is 14.5 Å². The van der Waals surface area contributed by atoms with E-state index in [4.69, 9.17) is 4.74 Å². The number of halogens is 1. The van der Waals surface area contributed by atoms with Gasteiger partial charge in [-0.15, -0.1) is 0 Å². The highest BCUT2D eigenvalue weighted by Crippen LogP contribution is 2.27. The highest BCUT2D eigenvalue weighted by Gasteiger charge is 2.26. The smallest absolute Gasteiger partial charge is 0.410 e. The first-order valence-corrected chi connectivity index (χ1v) is 11.3. The van der Waals surface area contributed by atoms with Crippen molar-refractivity contribution in [1.29, 1.82) is 0 Å². The van der Waals surface area contributed by atoms with Crippen LogP contribution < -0.4 is 5.32 Å². The lowest BCUT2D eigenvalue weighted by Crippen LogP contribution is -2.40. The molecule has 1 aliphatic heterocycles. The topological polar surface area (TPSA) is 89.4 Å². The molecule has 0 fully saturated rings. The summed E-state index contributed by atoms with van der Waals surface area (Å²) in [6, 6.07) is 4.85. The Labute approximate surface area is 203 Å². The van der Waals surface area contributed by atoms with E-state index in [1.165, 1.54) is 12.1 Å². The molecule has 0 aliphatic carbocycles. The average molecular weight is 478 g/mol. The molecule has 0 saturated heterocycles. The minimum atomic E-state index is -0.598. The Kier molecular flexibility index (Phi) is 6.68. The number of rotatable bonds is 4. The molecule has 2 aromatic heterocycles. The van der Waals surface area contributed by atoms with Gasteiger partial charge in [0.2, 0.25) is 5.91 Å². The molecule has 1 aromatic carbocycles. The van der Waals surface area contributed by atoms with E-state index < -0.39 is 23.4 Å². The second-order valence-corrected chi connectivity index (χ2v) is 9.44. The summed E-state index contributed by atoms with van der Waals surface area (Å²) < 4.78 is 21.9. The summed E-state index contributed by atoms with van der Waals surface area (Å²) in [5, 5.41) is 6.80. The molecule has 1 aliphatic rings. The number of fused-ring (bicyclic) bond motifs is 1. The molecule has 9 heteroatoms. The number of benzene rings is 1. The van der Waals surface area contributed by atoms with E-state index in [-0.39, 0.29) is 12.2 Å². The maximum atomic E-state index is 14.8. The number of carbonyl (C=O) groups excluding carboxylic acids is 2. The van der Waals surface area contributed by atoms with Gasteiger partial charge in [0.25, 0.3) is 0 Å². The third kappa shape index (κ3) is 5.92. The molecular formula is C26H28FN5O3.